The number of morpholine rings is 1. The summed E-state index contributed by atoms with van der Waals surface area (Å²) in [5.41, 5.74) is 3.74. The zero-order valence-electron chi connectivity index (χ0n) is 19.2. The number of aryl methyl sites for hydroxylation is 2. The van der Waals surface area contributed by atoms with Crippen LogP contribution in [0.4, 0.5) is 10.8 Å². The Labute approximate surface area is 196 Å². The number of anilines is 1. The first-order valence-corrected chi connectivity index (χ1v) is 11.9. The summed E-state index contributed by atoms with van der Waals surface area (Å²) in [5.74, 6) is -0.257. The summed E-state index contributed by atoms with van der Waals surface area (Å²) in [6.07, 6.45) is 0.771. The number of nitro benzene ring substituents is 1. The highest BCUT2D eigenvalue weighted by Gasteiger charge is 2.26. The summed E-state index contributed by atoms with van der Waals surface area (Å²) in [7, 11) is 0. The number of aromatic nitrogens is 1. The highest BCUT2D eigenvalue weighted by Crippen LogP contribution is 2.34. The van der Waals surface area contributed by atoms with Crippen LogP contribution in [-0.4, -0.2) is 60.1 Å². The Morgan fingerprint density at radius 1 is 1.18 bits per heavy atom. The molecule has 0 saturated carbocycles. The molecule has 0 unspecified atom stereocenters. The fourth-order valence-corrected chi connectivity index (χ4v) is 5.26. The maximum atomic E-state index is 13.7. The van der Waals surface area contributed by atoms with Gasteiger partial charge in [0.2, 0.25) is 0 Å². The van der Waals surface area contributed by atoms with Gasteiger partial charge in [0, 0.05) is 43.4 Å². The maximum Gasteiger partial charge on any atom is 0.273 e. The van der Waals surface area contributed by atoms with Crippen LogP contribution in [-0.2, 0) is 4.74 Å². The predicted molar refractivity (Wildman–Crippen MR) is 130 cm³/mol. The van der Waals surface area contributed by atoms with Crippen molar-refractivity contribution >= 4 is 38.3 Å². The minimum absolute atomic E-state index is 0.0508. The molecule has 1 saturated heterocycles. The molecule has 1 amide bonds. The Morgan fingerprint density at radius 2 is 1.91 bits per heavy atom. The Balaban J connectivity index is 1.67. The molecule has 0 radical (unpaired) electrons. The Kier molecular flexibility index (Phi) is 7.02. The number of nitrogens with zero attached hydrogens (tertiary/aromatic N) is 4. The van der Waals surface area contributed by atoms with E-state index in [1.54, 1.807) is 24.0 Å². The van der Waals surface area contributed by atoms with Crippen LogP contribution in [0.2, 0.25) is 0 Å². The standard InChI is InChI=1S/C24H28N4O4S/c1-16-8-9-17(2)22-21(16)25-24(33-22)27(11-5-10-26-12-14-32-15-13-26)23(29)19-6-4-7-20(18(19)3)28(30)31/h4,6-9H,5,10-15H2,1-3H3. The van der Waals surface area contributed by atoms with E-state index < -0.39 is 4.92 Å². The van der Waals surface area contributed by atoms with Crippen LogP contribution in [0.5, 0.6) is 0 Å². The number of carbonyl (C=O) groups is 1. The fourth-order valence-electron chi connectivity index (χ4n) is 4.12. The molecule has 1 aromatic heterocycles. The smallest absolute Gasteiger partial charge is 0.273 e. The maximum absolute atomic E-state index is 13.7. The minimum Gasteiger partial charge on any atom is -0.379 e. The second-order valence-corrected chi connectivity index (χ2v) is 9.32. The molecule has 0 N–H and O–H groups in total. The number of hydrogen-bond donors (Lipinski definition) is 0. The molecule has 8 nitrogen and oxygen atoms in total. The van der Waals surface area contributed by atoms with Gasteiger partial charge in [-0.25, -0.2) is 4.98 Å². The predicted octanol–water partition coefficient (Wildman–Crippen LogP) is 4.50. The average Bonchev–Trinajstić information content (AvgIpc) is 3.26. The largest absolute Gasteiger partial charge is 0.379 e. The lowest BCUT2D eigenvalue weighted by Crippen LogP contribution is -2.39. The highest BCUT2D eigenvalue weighted by molar-refractivity contribution is 7.22. The van der Waals surface area contributed by atoms with Gasteiger partial charge in [-0.05, 0) is 44.4 Å². The molecule has 1 fully saturated rings. The van der Waals surface area contributed by atoms with Gasteiger partial charge in [0.25, 0.3) is 11.6 Å². The van der Waals surface area contributed by atoms with E-state index in [4.69, 9.17) is 9.72 Å². The lowest BCUT2D eigenvalue weighted by atomic mass is 10.1. The van der Waals surface area contributed by atoms with E-state index in [0.717, 1.165) is 60.6 Å². The van der Waals surface area contributed by atoms with Crippen LogP contribution in [0.25, 0.3) is 10.2 Å². The van der Waals surface area contributed by atoms with Gasteiger partial charge in [-0.2, -0.15) is 0 Å². The quantitative estimate of drug-likeness (QED) is 0.375. The number of amides is 1. The molecule has 2 heterocycles. The molecular formula is C24H28N4O4S. The van der Waals surface area contributed by atoms with Crippen molar-refractivity contribution in [2.24, 2.45) is 0 Å². The number of fused-ring (bicyclic) bond motifs is 1. The number of thiazole rings is 1. The molecule has 0 aliphatic carbocycles. The third kappa shape index (κ3) is 4.90. The highest BCUT2D eigenvalue weighted by atomic mass is 32.1. The molecule has 1 aliphatic heterocycles. The van der Waals surface area contributed by atoms with E-state index in [9.17, 15) is 14.9 Å². The van der Waals surface area contributed by atoms with Gasteiger partial charge < -0.3 is 4.74 Å². The van der Waals surface area contributed by atoms with Crippen molar-refractivity contribution in [1.82, 2.24) is 9.88 Å². The Bertz CT molecular complexity index is 1150. The van der Waals surface area contributed by atoms with E-state index in [2.05, 4.69) is 11.0 Å². The Hall–Kier alpha value is -2.88. The normalized spacial score (nSPS) is 14.5. The van der Waals surface area contributed by atoms with Crippen LogP contribution in [0.15, 0.2) is 30.3 Å². The SMILES string of the molecule is Cc1c(C(=O)N(CCCN2CCOCC2)c2nc3c(C)ccc(C)c3s2)cccc1[N+](=O)[O-]. The minimum atomic E-state index is -0.445. The number of benzene rings is 2. The van der Waals surface area contributed by atoms with Gasteiger partial charge in [-0.3, -0.25) is 24.7 Å². The van der Waals surface area contributed by atoms with E-state index in [1.807, 2.05) is 19.9 Å². The van der Waals surface area contributed by atoms with Crippen LogP contribution >= 0.6 is 11.3 Å². The van der Waals surface area contributed by atoms with Crippen LogP contribution in [0, 0.1) is 30.9 Å². The second kappa shape index (κ2) is 9.94. The average molecular weight is 469 g/mol. The first-order chi connectivity index (χ1) is 15.9. The van der Waals surface area contributed by atoms with Crippen LogP contribution in [0.3, 0.4) is 0 Å². The fraction of sp³-hybridized carbons (Fsp3) is 0.417. The van der Waals surface area contributed by atoms with Gasteiger partial charge in [0.1, 0.15) is 0 Å². The van der Waals surface area contributed by atoms with Crippen LogP contribution in [0.1, 0.15) is 33.5 Å². The molecule has 174 valence electrons. The first kappa shape index (κ1) is 23.3. The molecular weight excluding hydrogens is 440 g/mol. The summed E-state index contributed by atoms with van der Waals surface area (Å²) in [6.45, 7) is 10.2. The molecule has 33 heavy (non-hydrogen) atoms. The van der Waals surface area contributed by atoms with Crippen molar-refractivity contribution in [3.63, 3.8) is 0 Å². The van der Waals surface area contributed by atoms with Crippen molar-refractivity contribution in [2.75, 3.05) is 44.3 Å². The topological polar surface area (TPSA) is 88.8 Å². The van der Waals surface area contributed by atoms with E-state index in [1.165, 1.54) is 17.4 Å². The van der Waals surface area contributed by atoms with Crippen molar-refractivity contribution in [2.45, 2.75) is 27.2 Å². The molecule has 0 bridgehead atoms. The number of ether oxygens (including phenoxy) is 1. The molecule has 9 heteroatoms. The molecule has 2 aromatic carbocycles. The molecule has 0 atom stereocenters. The molecule has 4 rings (SSSR count). The van der Waals surface area contributed by atoms with Gasteiger partial charge in [-0.1, -0.05) is 29.5 Å². The summed E-state index contributed by atoms with van der Waals surface area (Å²) in [6, 6.07) is 8.76. The number of rotatable bonds is 7. The third-order valence-corrected chi connectivity index (χ3v) is 7.31. The Morgan fingerprint density at radius 3 is 2.61 bits per heavy atom. The summed E-state index contributed by atoms with van der Waals surface area (Å²) < 4.78 is 6.48. The zero-order valence-corrected chi connectivity index (χ0v) is 20.0. The monoisotopic (exact) mass is 468 g/mol. The van der Waals surface area contributed by atoms with Crippen molar-refractivity contribution in [1.29, 1.82) is 0 Å². The van der Waals surface area contributed by atoms with Gasteiger partial charge >= 0.3 is 0 Å². The zero-order chi connectivity index (χ0) is 23.5. The van der Waals surface area contributed by atoms with Gasteiger partial charge in [0.15, 0.2) is 5.13 Å². The lowest BCUT2D eigenvalue weighted by molar-refractivity contribution is -0.385. The van der Waals surface area contributed by atoms with E-state index >= 15 is 0 Å². The summed E-state index contributed by atoms with van der Waals surface area (Å²) in [5, 5.41) is 12.1. The summed E-state index contributed by atoms with van der Waals surface area (Å²) in [4.78, 5) is 33.5. The van der Waals surface area contributed by atoms with Gasteiger partial charge in [0.05, 0.1) is 28.4 Å². The molecule has 3 aromatic rings. The van der Waals surface area contributed by atoms with Crippen molar-refractivity contribution < 1.29 is 14.5 Å². The second-order valence-electron chi connectivity index (χ2n) is 8.34. The van der Waals surface area contributed by atoms with Gasteiger partial charge in [-0.15, -0.1) is 0 Å². The number of hydrogen-bond acceptors (Lipinski definition) is 7. The first-order valence-electron chi connectivity index (χ1n) is 11.1. The molecule has 1 aliphatic rings. The van der Waals surface area contributed by atoms with E-state index in [-0.39, 0.29) is 11.6 Å². The van der Waals surface area contributed by atoms with E-state index in [0.29, 0.717) is 22.8 Å². The molecule has 0 spiro atoms. The van der Waals surface area contributed by atoms with Crippen LogP contribution < -0.4 is 4.90 Å². The number of carbonyl (C=O) groups excluding carboxylic acids is 1. The summed E-state index contributed by atoms with van der Waals surface area (Å²) >= 11 is 1.50. The third-order valence-electron chi connectivity index (χ3n) is 6.10. The lowest BCUT2D eigenvalue weighted by Gasteiger charge is -2.28. The van der Waals surface area contributed by atoms with Crippen molar-refractivity contribution in [3.05, 3.63) is 62.7 Å². The van der Waals surface area contributed by atoms with Crippen molar-refractivity contribution in [3.8, 4) is 0 Å². The number of nitro groups is 1.